The highest BCUT2D eigenvalue weighted by molar-refractivity contribution is 9.10. The standard InChI is InChI=1S/C17H18BrFO2/c1-12-2-4-14(5-3-12)17(10-20,11-21)9-13-8-15(19)6-7-16(13)18/h2-8,20-21H,9-11H2,1H3. The second-order valence-electron chi connectivity index (χ2n) is 5.38. The molecular formula is C17H18BrFO2. The Hall–Kier alpha value is -1.23. The van der Waals surface area contributed by atoms with Gasteiger partial charge in [-0.2, -0.15) is 0 Å². The van der Waals surface area contributed by atoms with Crippen molar-refractivity contribution in [3.8, 4) is 0 Å². The summed E-state index contributed by atoms with van der Waals surface area (Å²) in [5.74, 6) is -0.332. The number of aliphatic hydroxyl groups is 2. The molecule has 2 aromatic carbocycles. The van der Waals surface area contributed by atoms with E-state index in [0.717, 1.165) is 21.2 Å². The molecule has 0 atom stereocenters. The molecule has 2 N–H and O–H groups in total. The predicted molar refractivity (Wildman–Crippen MR) is 84.8 cm³/mol. The van der Waals surface area contributed by atoms with Gasteiger partial charge < -0.3 is 10.2 Å². The summed E-state index contributed by atoms with van der Waals surface area (Å²) in [4.78, 5) is 0. The minimum absolute atomic E-state index is 0.213. The van der Waals surface area contributed by atoms with Gasteiger partial charge in [-0.1, -0.05) is 45.8 Å². The molecular weight excluding hydrogens is 335 g/mol. The smallest absolute Gasteiger partial charge is 0.123 e. The molecule has 0 amide bonds. The van der Waals surface area contributed by atoms with Crippen molar-refractivity contribution >= 4 is 15.9 Å². The quantitative estimate of drug-likeness (QED) is 0.866. The summed E-state index contributed by atoms with van der Waals surface area (Å²) < 4.78 is 14.2. The third-order valence-corrected chi connectivity index (χ3v) is 4.58. The second kappa shape index (κ2) is 6.69. The lowest BCUT2D eigenvalue weighted by atomic mass is 9.76. The molecule has 2 aromatic rings. The number of aryl methyl sites for hydroxylation is 1. The van der Waals surface area contributed by atoms with Crippen molar-refractivity contribution in [2.24, 2.45) is 0 Å². The molecule has 0 aliphatic rings. The van der Waals surface area contributed by atoms with Crippen molar-refractivity contribution < 1.29 is 14.6 Å². The van der Waals surface area contributed by atoms with E-state index in [1.807, 2.05) is 31.2 Å². The van der Waals surface area contributed by atoms with Crippen LogP contribution >= 0.6 is 15.9 Å². The zero-order valence-electron chi connectivity index (χ0n) is 11.8. The van der Waals surface area contributed by atoms with Crippen molar-refractivity contribution in [3.63, 3.8) is 0 Å². The number of hydrogen-bond acceptors (Lipinski definition) is 2. The van der Waals surface area contributed by atoms with Crippen molar-refractivity contribution in [2.45, 2.75) is 18.8 Å². The molecule has 21 heavy (non-hydrogen) atoms. The first kappa shape index (κ1) is 16.1. The maximum absolute atomic E-state index is 13.4. The van der Waals surface area contributed by atoms with Crippen LogP contribution in [0.25, 0.3) is 0 Å². The van der Waals surface area contributed by atoms with E-state index >= 15 is 0 Å². The fraction of sp³-hybridized carbons (Fsp3) is 0.294. The average molecular weight is 353 g/mol. The number of benzene rings is 2. The van der Waals surface area contributed by atoms with Crippen LogP contribution in [0.4, 0.5) is 4.39 Å². The molecule has 2 nitrogen and oxygen atoms in total. The van der Waals surface area contributed by atoms with Crippen LogP contribution in [0, 0.1) is 12.7 Å². The van der Waals surface area contributed by atoms with Crippen LogP contribution in [0.2, 0.25) is 0 Å². The molecule has 0 bridgehead atoms. The second-order valence-corrected chi connectivity index (χ2v) is 6.23. The first-order chi connectivity index (χ1) is 10.0. The monoisotopic (exact) mass is 352 g/mol. The Morgan fingerprint density at radius 1 is 1.05 bits per heavy atom. The maximum Gasteiger partial charge on any atom is 0.123 e. The van der Waals surface area contributed by atoms with Gasteiger partial charge in [0.15, 0.2) is 0 Å². The van der Waals surface area contributed by atoms with E-state index in [4.69, 9.17) is 0 Å². The van der Waals surface area contributed by atoms with Crippen LogP contribution in [0.5, 0.6) is 0 Å². The van der Waals surface area contributed by atoms with Crippen molar-refractivity contribution in [1.29, 1.82) is 0 Å². The molecule has 0 aliphatic carbocycles. The molecule has 0 aromatic heterocycles. The summed E-state index contributed by atoms with van der Waals surface area (Å²) in [6.07, 6.45) is 0.349. The van der Waals surface area contributed by atoms with E-state index in [1.54, 1.807) is 6.07 Å². The van der Waals surface area contributed by atoms with Gasteiger partial charge in [0.1, 0.15) is 5.82 Å². The molecule has 0 saturated heterocycles. The minimum Gasteiger partial charge on any atom is -0.395 e. The Bertz CT molecular complexity index is 607. The molecule has 0 spiro atoms. The molecule has 4 heteroatoms. The van der Waals surface area contributed by atoms with Crippen molar-refractivity contribution in [3.05, 3.63) is 69.4 Å². The van der Waals surface area contributed by atoms with Crippen molar-refractivity contribution in [2.75, 3.05) is 13.2 Å². The summed E-state index contributed by atoms with van der Waals surface area (Å²) in [5.41, 5.74) is 1.84. The molecule has 0 unspecified atom stereocenters. The van der Waals surface area contributed by atoms with Crippen LogP contribution in [-0.2, 0) is 11.8 Å². The van der Waals surface area contributed by atoms with Gasteiger partial charge in [-0.15, -0.1) is 0 Å². The highest BCUT2D eigenvalue weighted by Gasteiger charge is 2.32. The number of halogens is 2. The molecule has 2 rings (SSSR count). The van der Waals surface area contributed by atoms with E-state index in [9.17, 15) is 14.6 Å². The van der Waals surface area contributed by atoms with E-state index in [1.165, 1.54) is 12.1 Å². The molecule has 0 saturated carbocycles. The number of hydrogen-bond donors (Lipinski definition) is 2. The van der Waals surface area contributed by atoms with Gasteiger partial charge >= 0.3 is 0 Å². The van der Waals surface area contributed by atoms with Gasteiger partial charge in [0.2, 0.25) is 0 Å². The Morgan fingerprint density at radius 2 is 1.67 bits per heavy atom. The van der Waals surface area contributed by atoms with Gasteiger partial charge in [0.05, 0.1) is 13.2 Å². The average Bonchev–Trinajstić information content (AvgIpc) is 2.49. The van der Waals surface area contributed by atoms with Gasteiger partial charge in [-0.25, -0.2) is 4.39 Å². The maximum atomic E-state index is 13.4. The fourth-order valence-electron chi connectivity index (χ4n) is 2.40. The van der Waals surface area contributed by atoms with Crippen molar-refractivity contribution in [1.82, 2.24) is 0 Å². The third-order valence-electron chi connectivity index (χ3n) is 3.81. The summed E-state index contributed by atoms with van der Waals surface area (Å²) in [6, 6.07) is 12.1. The summed E-state index contributed by atoms with van der Waals surface area (Å²) in [6.45, 7) is 1.55. The minimum atomic E-state index is -0.829. The van der Waals surface area contributed by atoms with Gasteiger partial charge in [-0.3, -0.25) is 0 Å². The Kier molecular flexibility index (Phi) is 5.14. The first-order valence-electron chi connectivity index (χ1n) is 6.73. The topological polar surface area (TPSA) is 40.5 Å². The van der Waals surface area contributed by atoms with Crippen LogP contribution in [0.3, 0.4) is 0 Å². The predicted octanol–water partition coefficient (Wildman–Crippen LogP) is 3.36. The molecule has 0 aliphatic heterocycles. The molecule has 112 valence electrons. The molecule has 0 heterocycles. The fourth-order valence-corrected chi connectivity index (χ4v) is 2.78. The van der Waals surface area contributed by atoms with Crippen LogP contribution in [0.1, 0.15) is 16.7 Å². The Balaban J connectivity index is 2.42. The van der Waals surface area contributed by atoms with Crippen LogP contribution in [-0.4, -0.2) is 23.4 Å². The Labute approximate surface area is 132 Å². The zero-order valence-corrected chi connectivity index (χ0v) is 13.4. The zero-order chi connectivity index (χ0) is 15.5. The van der Waals surface area contributed by atoms with Crippen LogP contribution in [0.15, 0.2) is 46.9 Å². The van der Waals surface area contributed by atoms with Crippen LogP contribution < -0.4 is 0 Å². The highest BCUT2D eigenvalue weighted by Crippen LogP contribution is 2.31. The highest BCUT2D eigenvalue weighted by atomic mass is 79.9. The lowest BCUT2D eigenvalue weighted by Crippen LogP contribution is -2.37. The normalized spacial score (nSPS) is 11.7. The molecule has 0 fully saturated rings. The first-order valence-corrected chi connectivity index (χ1v) is 7.53. The van der Waals surface area contributed by atoms with Gasteiger partial charge in [0, 0.05) is 9.89 Å². The van der Waals surface area contributed by atoms with Gasteiger partial charge in [-0.05, 0) is 42.7 Å². The van der Waals surface area contributed by atoms with E-state index in [2.05, 4.69) is 15.9 Å². The van der Waals surface area contributed by atoms with E-state index < -0.39 is 5.41 Å². The lowest BCUT2D eigenvalue weighted by Gasteiger charge is -2.31. The SMILES string of the molecule is Cc1ccc(C(CO)(CO)Cc2cc(F)ccc2Br)cc1. The number of rotatable bonds is 5. The molecule has 0 radical (unpaired) electrons. The number of aliphatic hydroxyl groups excluding tert-OH is 2. The summed E-state index contributed by atoms with van der Waals surface area (Å²) >= 11 is 3.40. The summed E-state index contributed by atoms with van der Waals surface area (Å²) in [5, 5.41) is 19.7. The van der Waals surface area contributed by atoms with Gasteiger partial charge in [0.25, 0.3) is 0 Å². The third kappa shape index (κ3) is 3.51. The van der Waals surface area contributed by atoms with E-state index in [0.29, 0.717) is 6.42 Å². The lowest BCUT2D eigenvalue weighted by molar-refractivity contribution is 0.116. The largest absolute Gasteiger partial charge is 0.395 e. The van der Waals surface area contributed by atoms with E-state index in [-0.39, 0.29) is 19.0 Å². The summed E-state index contributed by atoms with van der Waals surface area (Å²) in [7, 11) is 0. The Morgan fingerprint density at radius 3 is 2.24 bits per heavy atom.